The molecule has 2 atom stereocenters. The Bertz CT molecular complexity index is 760. The van der Waals surface area contributed by atoms with E-state index in [1.807, 2.05) is 0 Å². The number of nitrogens with one attached hydrogen (secondary N) is 1. The van der Waals surface area contributed by atoms with E-state index >= 15 is 0 Å². The van der Waals surface area contributed by atoms with Crippen molar-refractivity contribution >= 4 is 16.0 Å². The Balaban J connectivity index is 3.71. The summed E-state index contributed by atoms with van der Waals surface area (Å²) in [6, 6.07) is -0.962. The third-order valence-corrected chi connectivity index (χ3v) is 10.6. The summed E-state index contributed by atoms with van der Waals surface area (Å²) in [7, 11) is -4.30. The molecule has 0 aromatic rings. The molecular weight excluding hydrogens is 607 g/mol. The van der Waals surface area contributed by atoms with E-state index in [-0.39, 0.29) is 5.91 Å². The van der Waals surface area contributed by atoms with Crippen molar-refractivity contribution in [1.82, 2.24) is 5.32 Å². The number of hydrogen-bond acceptors (Lipinski definition) is 4. The molecule has 0 aromatic heterocycles. The molecule has 0 spiro atoms. The smallest absolute Gasteiger partial charge is 0.266 e. The van der Waals surface area contributed by atoms with Gasteiger partial charge >= 0.3 is 0 Å². The number of hydrogen-bond donors (Lipinski definition) is 3. The number of carbonyl (C=O) groups is 1. The molecule has 0 fully saturated rings. The van der Waals surface area contributed by atoms with Gasteiger partial charge in [-0.05, 0) is 12.8 Å². The van der Waals surface area contributed by atoms with Crippen molar-refractivity contribution in [2.75, 3.05) is 5.75 Å². The summed E-state index contributed by atoms with van der Waals surface area (Å²) >= 11 is 0. The molecule has 0 aliphatic rings. The van der Waals surface area contributed by atoms with Gasteiger partial charge < -0.3 is 10.4 Å². The van der Waals surface area contributed by atoms with Crippen LogP contribution >= 0.6 is 0 Å². The van der Waals surface area contributed by atoms with E-state index in [1.54, 1.807) is 0 Å². The van der Waals surface area contributed by atoms with E-state index in [0.717, 1.165) is 38.5 Å². The zero-order valence-electron chi connectivity index (χ0n) is 31.4. The predicted molar refractivity (Wildman–Crippen MR) is 203 cm³/mol. The molecule has 7 heteroatoms. The van der Waals surface area contributed by atoms with E-state index in [0.29, 0.717) is 12.8 Å². The summed E-state index contributed by atoms with van der Waals surface area (Å²) < 4.78 is 32.4. The Morgan fingerprint density at radius 3 is 1.06 bits per heavy atom. The van der Waals surface area contributed by atoms with Gasteiger partial charge in [-0.2, -0.15) is 8.42 Å². The Kier molecular flexibility index (Phi) is 34.7. The largest absolute Gasteiger partial charge is 0.391 e. The second-order valence-electron chi connectivity index (χ2n) is 14.6. The van der Waals surface area contributed by atoms with Crippen LogP contribution in [0.1, 0.15) is 232 Å². The average Bonchev–Trinajstić information content (AvgIpc) is 3.03. The second-order valence-corrected chi connectivity index (χ2v) is 16.1. The number of carbonyl (C=O) groups excluding carboxylic acids is 1. The minimum Gasteiger partial charge on any atom is -0.391 e. The van der Waals surface area contributed by atoms with Crippen molar-refractivity contribution in [1.29, 1.82) is 0 Å². The van der Waals surface area contributed by atoms with E-state index in [1.165, 1.54) is 167 Å². The van der Waals surface area contributed by atoms with Crippen molar-refractivity contribution in [3.8, 4) is 0 Å². The molecule has 0 heterocycles. The maximum Gasteiger partial charge on any atom is 0.266 e. The molecular formula is C40H81NO5S. The molecule has 0 aromatic carbocycles. The molecule has 0 aliphatic heterocycles. The standard InChI is InChI=1S/C40H81NO5S/c1-3-5-7-9-11-13-15-16-17-18-19-20-21-22-23-24-25-26-28-30-32-34-36-40(43)41-38(37-47(44,45)46)39(42)35-33-31-29-27-14-12-10-8-6-4-2/h38-39,42H,3-37H2,1-2H3,(H,41,43)(H,44,45,46). The summed E-state index contributed by atoms with van der Waals surface area (Å²) in [4.78, 5) is 12.5. The van der Waals surface area contributed by atoms with Crippen molar-refractivity contribution in [2.45, 2.75) is 244 Å². The van der Waals surface area contributed by atoms with Crippen LogP contribution in [0.25, 0.3) is 0 Å². The highest BCUT2D eigenvalue weighted by Gasteiger charge is 2.26. The normalized spacial score (nSPS) is 13.2. The third kappa shape index (κ3) is 36.4. The average molecular weight is 688 g/mol. The van der Waals surface area contributed by atoms with E-state index in [2.05, 4.69) is 19.2 Å². The fourth-order valence-corrected chi connectivity index (χ4v) is 7.45. The Morgan fingerprint density at radius 2 is 0.766 bits per heavy atom. The lowest BCUT2D eigenvalue weighted by Gasteiger charge is -2.23. The summed E-state index contributed by atoms with van der Waals surface area (Å²) in [6.45, 7) is 4.51. The molecule has 3 N–H and O–H groups in total. The fourth-order valence-electron chi connectivity index (χ4n) is 6.69. The first-order valence-electron chi connectivity index (χ1n) is 20.7. The lowest BCUT2D eigenvalue weighted by molar-refractivity contribution is -0.122. The van der Waals surface area contributed by atoms with Gasteiger partial charge in [0.2, 0.25) is 5.91 Å². The molecule has 282 valence electrons. The highest BCUT2D eigenvalue weighted by molar-refractivity contribution is 7.85. The van der Waals surface area contributed by atoms with E-state index in [9.17, 15) is 22.9 Å². The Hall–Kier alpha value is -0.660. The molecule has 1 amide bonds. The van der Waals surface area contributed by atoms with Crippen LogP contribution in [-0.4, -0.2) is 41.9 Å². The van der Waals surface area contributed by atoms with Crippen LogP contribution in [0.5, 0.6) is 0 Å². The van der Waals surface area contributed by atoms with Crippen LogP contribution in [-0.2, 0) is 14.9 Å². The van der Waals surface area contributed by atoms with E-state index < -0.39 is 28.0 Å². The first-order chi connectivity index (χ1) is 22.8. The molecule has 0 saturated heterocycles. The summed E-state index contributed by atoms with van der Waals surface area (Å²) in [6.07, 6.45) is 40.7. The van der Waals surface area contributed by atoms with Crippen LogP contribution in [0.2, 0.25) is 0 Å². The fraction of sp³-hybridized carbons (Fsp3) is 0.975. The van der Waals surface area contributed by atoms with Crippen LogP contribution in [0.15, 0.2) is 0 Å². The van der Waals surface area contributed by atoms with Crippen LogP contribution in [0, 0.1) is 0 Å². The summed E-state index contributed by atoms with van der Waals surface area (Å²) in [5.41, 5.74) is 0. The second kappa shape index (κ2) is 35.2. The molecule has 47 heavy (non-hydrogen) atoms. The first kappa shape index (κ1) is 46.3. The monoisotopic (exact) mass is 688 g/mol. The van der Waals surface area contributed by atoms with Gasteiger partial charge in [0.15, 0.2) is 0 Å². The molecule has 0 aliphatic carbocycles. The molecule has 0 bridgehead atoms. The van der Waals surface area contributed by atoms with Gasteiger partial charge in [0.05, 0.1) is 17.9 Å². The number of rotatable bonds is 38. The molecule has 0 radical (unpaired) electrons. The van der Waals surface area contributed by atoms with Gasteiger partial charge in [0.25, 0.3) is 10.1 Å². The van der Waals surface area contributed by atoms with Crippen LogP contribution in [0.3, 0.4) is 0 Å². The molecule has 2 unspecified atom stereocenters. The predicted octanol–water partition coefficient (Wildman–Crippen LogP) is 12.0. The van der Waals surface area contributed by atoms with Gasteiger partial charge in [-0.25, -0.2) is 0 Å². The maximum atomic E-state index is 12.5. The van der Waals surface area contributed by atoms with Gasteiger partial charge in [-0.15, -0.1) is 0 Å². The van der Waals surface area contributed by atoms with Crippen molar-refractivity contribution in [2.24, 2.45) is 0 Å². The lowest BCUT2D eigenvalue weighted by atomic mass is 10.0. The Morgan fingerprint density at radius 1 is 0.489 bits per heavy atom. The number of amides is 1. The molecule has 6 nitrogen and oxygen atoms in total. The summed E-state index contributed by atoms with van der Waals surface area (Å²) in [5.74, 6) is -0.884. The quantitative estimate of drug-likeness (QED) is 0.0443. The van der Waals surface area contributed by atoms with Crippen LogP contribution < -0.4 is 5.32 Å². The minimum atomic E-state index is -4.30. The van der Waals surface area contributed by atoms with E-state index in [4.69, 9.17) is 0 Å². The number of aliphatic hydroxyl groups excluding tert-OH is 1. The number of unbranched alkanes of at least 4 members (excludes halogenated alkanes) is 30. The molecule has 0 rings (SSSR count). The van der Waals surface area contributed by atoms with Crippen molar-refractivity contribution in [3.05, 3.63) is 0 Å². The summed E-state index contributed by atoms with van der Waals surface area (Å²) in [5, 5.41) is 13.3. The van der Waals surface area contributed by atoms with Crippen molar-refractivity contribution in [3.63, 3.8) is 0 Å². The maximum absolute atomic E-state index is 12.5. The zero-order chi connectivity index (χ0) is 34.7. The topological polar surface area (TPSA) is 104 Å². The zero-order valence-corrected chi connectivity index (χ0v) is 32.2. The van der Waals surface area contributed by atoms with Gasteiger partial charge in [-0.3, -0.25) is 9.35 Å². The minimum absolute atomic E-state index is 0.242. The van der Waals surface area contributed by atoms with Gasteiger partial charge in [0, 0.05) is 6.42 Å². The highest BCUT2D eigenvalue weighted by atomic mass is 32.2. The third-order valence-electron chi connectivity index (χ3n) is 9.81. The number of aliphatic hydroxyl groups is 1. The van der Waals surface area contributed by atoms with Gasteiger partial charge in [0.1, 0.15) is 0 Å². The first-order valence-corrected chi connectivity index (χ1v) is 22.3. The highest BCUT2D eigenvalue weighted by Crippen LogP contribution is 2.17. The lowest BCUT2D eigenvalue weighted by Crippen LogP contribution is -2.47. The Labute approximate surface area is 293 Å². The molecule has 0 saturated carbocycles. The van der Waals surface area contributed by atoms with Crippen molar-refractivity contribution < 1.29 is 22.9 Å². The SMILES string of the molecule is CCCCCCCCCCCCCCCCCCCCCCCCC(=O)NC(CS(=O)(=O)O)C(O)CCCCCCCCCCCC. The van der Waals surface area contributed by atoms with Gasteiger partial charge in [-0.1, -0.05) is 213 Å². The van der Waals surface area contributed by atoms with Crippen LogP contribution in [0.4, 0.5) is 0 Å².